The van der Waals surface area contributed by atoms with E-state index in [1.165, 1.54) is 38.5 Å². The summed E-state index contributed by atoms with van der Waals surface area (Å²) in [5.41, 5.74) is 2.90. The van der Waals surface area contributed by atoms with Crippen LogP contribution in [0.25, 0.3) is 22.4 Å². The van der Waals surface area contributed by atoms with Gasteiger partial charge in [0.05, 0.1) is 18.1 Å². The first-order valence-corrected chi connectivity index (χ1v) is 12.7. The van der Waals surface area contributed by atoms with E-state index in [2.05, 4.69) is 15.5 Å². The van der Waals surface area contributed by atoms with E-state index in [4.69, 9.17) is 9.72 Å². The molecule has 0 spiro atoms. The number of aromatic nitrogens is 2. The number of amides is 1. The number of imidazole rings is 1. The van der Waals surface area contributed by atoms with Crippen molar-refractivity contribution < 1.29 is 9.53 Å². The first-order valence-electron chi connectivity index (χ1n) is 12.7. The van der Waals surface area contributed by atoms with Gasteiger partial charge in [0.15, 0.2) is 0 Å². The van der Waals surface area contributed by atoms with Crippen molar-refractivity contribution in [1.29, 1.82) is 0 Å². The molecule has 2 aliphatic carbocycles. The van der Waals surface area contributed by atoms with Crippen LogP contribution < -0.4 is 4.74 Å². The van der Waals surface area contributed by atoms with Crippen molar-refractivity contribution in [2.45, 2.75) is 82.8 Å². The van der Waals surface area contributed by atoms with E-state index in [0.717, 1.165) is 53.9 Å². The minimum absolute atomic E-state index is 0.251. The molecule has 2 aromatic carbocycles. The number of ether oxygens (including phenoxy) is 1. The Bertz CT molecular complexity index is 1080. The maximum absolute atomic E-state index is 14.0. The molecule has 0 aliphatic heterocycles. The highest BCUT2D eigenvalue weighted by Gasteiger charge is 2.33. The molecule has 0 saturated heterocycles. The number of hydrogen-bond donors (Lipinski definition) is 0. The molecule has 0 atom stereocenters. The van der Waals surface area contributed by atoms with E-state index in [1.807, 2.05) is 42.5 Å². The molecule has 0 radical (unpaired) electrons. The summed E-state index contributed by atoms with van der Waals surface area (Å²) in [4.78, 5) is 21.3. The predicted octanol–water partition coefficient (Wildman–Crippen LogP) is 6.21. The van der Waals surface area contributed by atoms with Crippen molar-refractivity contribution >= 4 is 16.9 Å². The van der Waals surface area contributed by atoms with Crippen LogP contribution in [0.2, 0.25) is 0 Å². The van der Waals surface area contributed by atoms with Crippen LogP contribution >= 0.6 is 0 Å². The first-order chi connectivity index (χ1) is 16.2. The largest absolute Gasteiger partial charge is 0.497 e. The number of carbonyl (C=O) groups is 1. The van der Waals surface area contributed by atoms with Gasteiger partial charge in [-0.1, -0.05) is 62.8 Å². The molecular weight excluding hydrogens is 410 g/mol. The average molecular weight is 446 g/mol. The highest BCUT2D eigenvalue weighted by atomic mass is 16.5. The molecular formula is C28H35N3O2. The highest BCUT2D eigenvalue weighted by Crippen LogP contribution is 2.32. The van der Waals surface area contributed by atoms with E-state index in [0.29, 0.717) is 18.6 Å². The summed E-state index contributed by atoms with van der Waals surface area (Å²) in [6.45, 7) is 0.333. The molecule has 33 heavy (non-hydrogen) atoms. The Morgan fingerprint density at radius 1 is 0.939 bits per heavy atom. The number of para-hydroxylation sites is 2. The lowest BCUT2D eigenvalue weighted by atomic mass is 9.88. The standard InChI is InChI=1S/C28H35N3O2/c1-33-24-16-10-11-21(19-24)28-29-25-17-8-9-18-26(25)30(28)20-27(32)31(22-12-4-2-5-13-22)23-14-6-3-7-15-23/h8-11,16-19,22-23H,2-7,12-15,20H2,1H3. The summed E-state index contributed by atoms with van der Waals surface area (Å²) >= 11 is 0. The van der Waals surface area contributed by atoms with Crippen LogP contribution in [0.3, 0.4) is 0 Å². The Morgan fingerprint density at radius 2 is 1.61 bits per heavy atom. The van der Waals surface area contributed by atoms with Gasteiger partial charge in [-0.05, 0) is 49.9 Å². The predicted molar refractivity (Wildman–Crippen MR) is 132 cm³/mol. The Labute approximate surface area is 196 Å². The van der Waals surface area contributed by atoms with Crippen LogP contribution in [0, 0.1) is 0 Å². The number of benzene rings is 2. The summed E-state index contributed by atoms with van der Waals surface area (Å²) in [7, 11) is 1.68. The Hall–Kier alpha value is -2.82. The van der Waals surface area contributed by atoms with Crippen molar-refractivity contribution in [3.05, 3.63) is 48.5 Å². The fourth-order valence-corrected chi connectivity index (χ4v) is 5.86. The second-order valence-electron chi connectivity index (χ2n) is 9.63. The van der Waals surface area contributed by atoms with Crippen LogP contribution in [0.4, 0.5) is 0 Å². The van der Waals surface area contributed by atoms with Crippen molar-refractivity contribution in [2.24, 2.45) is 0 Å². The molecule has 2 fully saturated rings. The number of nitrogens with zero attached hydrogens (tertiary/aromatic N) is 3. The van der Waals surface area contributed by atoms with Gasteiger partial charge in [-0.15, -0.1) is 0 Å². The lowest BCUT2D eigenvalue weighted by molar-refractivity contribution is -0.138. The summed E-state index contributed by atoms with van der Waals surface area (Å²) in [6.07, 6.45) is 12.2. The number of rotatable bonds is 6. The molecule has 1 heterocycles. The van der Waals surface area contributed by atoms with E-state index < -0.39 is 0 Å². The van der Waals surface area contributed by atoms with Crippen molar-refractivity contribution in [3.63, 3.8) is 0 Å². The topological polar surface area (TPSA) is 47.4 Å². The normalized spacial score (nSPS) is 17.8. The zero-order valence-electron chi connectivity index (χ0n) is 19.7. The number of fused-ring (bicyclic) bond motifs is 1. The SMILES string of the molecule is COc1cccc(-c2nc3ccccc3n2CC(=O)N(C2CCCCC2)C2CCCCC2)c1. The van der Waals surface area contributed by atoms with Gasteiger partial charge in [0.2, 0.25) is 5.91 Å². The molecule has 5 nitrogen and oxygen atoms in total. The third kappa shape index (κ3) is 4.64. The molecule has 5 heteroatoms. The summed E-state index contributed by atoms with van der Waals surface area (Å²) in [5, 5.41) is 0. The third-order valence-corrected chi connectivity index (χ3v) is 7.50. The van der Waals surface area contributed by atoms with E-state index in [-0.39, 0.29) is 5.91 Å². The fraction of sp³-hybridized carbons (Fsp3) is 0.500. The Kier molecular flexibility index (Phi) is 6.65. The molecule has 1 amide bonds. The van der Waals surface area contributed by atoms with Crippen LogP contribution in [0.5, 0.6) is 5.75 Å². The fourth-order valence-electron chi connectivity index (χ4n) is 5.86. The van der Waals surface area contributed by atoms with Crippen LogP contribution in [-0.2, 0) is 11.3 Å². The second-order valence-corrected chi connectivity index (χ2v) is 9.63. The third-order valence-electron chi connectivity index (χ3n) is 7.50. The van der Waals surface area contributed by atoms with Gasteiger partial charge in [0, 0.05) is 17.6 Å². The minimum Gasteiger partial charge on any atom is -0.497 e. The number of methoxy groups -OCH3 is 1. The van der Waals surface area contributed by atoms with Gasteiger partial charge in [-0.25, -0.2) is 4.98 Å². The lowest BCUT2D eigenvalue weighted by Gasteiger charge is -2.42. The van der Waals surface area contributed by atoms with Gasteiger partial charge in [-0.3, -0.25) is 4.79 Å². The van der Waals surface area contributed by atoms with Crippen molar-refractivity contribution in [2.75, 3.05) is 7.11 Å². The van der Waals surface area contributed by atoms with Gasteiger partial charge in [0.1, 0.15) is 18.1 Å². The lowest BCUT2D eigenvalue weighted by Crippen LogP contribution is -2.50. The molecule has 2 saturated carbocycles. The maximum Gasteiger partial charge on any atom is 0.243 e. The summed E-state index contributed by atoms with van der Waals surface area (Å²) in [6, 6.07) is 16.9. The molecule has 5 rings (SSSR count). The number of hydrogen-bond acceptors (Lipinski definition) is 3. The monoisotopic (exact) mass is 445 g/mol. The summed E-state index contributed by atoms with van der Waals surface area (Å²) < 4.78 is 7.57. The maximum atomic E-state index is 14.0. The van der Waals surface area contributed by atoms with E-state index in [9.17, 15) is 4.79 Å². The summed E-state index contributed by atoms with van der Waals surface area (Å²) in [5.74, 6) is 1.88. The second kappa shape index (κ2) is 9.98. The zero-order chi connectivity index (χ0) is 22.6. The van der Waals surface area contributed by atoms with Crippen molar-refractivity contribution in [1.82, 2.24) is 14.5 Å². The minimum atomic E-state index is 0.251. The van der Waals surface area contributed by atoms with Crippen LogP contribution in [-0.4, -0.2) is 39.6 Å². The van der Waals surface area contributed by atoms with Gasteiger partial charge < -0.3 is 14.2 Å². The quantitative estimate of drug-likeness (QED) is 0.453. The van der Waals surface area contributed by atoms with E-state index >= 15 is 0 Å². The van der Waals surface area contributed by atoms with Crippen molar-refractivity contribution in [3.8, 4) is 17.1 Å². The molecule has 0 unspecified atom stereocenters. The first kappa shape index (κ1) is 22.0. The average Bonchev–Trinajstić information content (AvgIpc) is 3.24. The Balaban J connectivity index is 1.51. The molecule has 3 aromatic rings. The van der Waals surface area contributed by atoms with Gasteiger partial charge in [-0.2, -0.15) is 0 Å². The van der Waals surface area contributed by atoms with Crippen LogP contribution in [0.15, 0.2) is 48.5 Å². The van der Waals surface area contributed by atoms with Crippen LogP contribution in [0.1, 0.15) is 64.2 Å². The molecule has 2 aliphatic rings. The molecule has 0 N–H and O–H groups in total. The van der Waals surface area contributed by atoms with Gasteiger partial charge >= 0.3 is 0 Å². The molecule has 1 aromatic heterocycles. The number of carbonyl (C=O) groups excluding carboxylic acids is 1. The molecule has 0 bridgehead atoms. The smallest absolute Gasteiger partial charge is 0.243 e. The van der Waals surface area contributed by atoms with Gasteiger partial charge in [0.25, 0.3) is 0 Å². The highest BCUT2D eigenvalue weighted by molar-refractivity contribution is 5.85. The Morgan fingerprint density at radius 3 is 2.27 bits per heavy atom. The zero-order valence-corrected chi connectivity index (χ0v) is 19.7. The molecule has 174 valence electrons. The van der Waals surface area contributed by atoms with E-state index in [1.54, 1.807) is 7.11 Å².